The predicted molar refractivity (Wildman–Crippen MR) is 116 cm³/mol. The van der Waals surface area contributed by atoms with E-state index in [0.717, 1.165) is 12.2 Å². The first kappa shape index (κ1) is 22.4. The quantitative estimate of drug-likeness (QED) is 0.748. The zero-order valence-electron chi connectivity index (χ0n) is 17.3. The minimum atomic E-state index is 0.186. The summed E-state index contributed by atoms with van der Waals surface area (Å²) < 4.78 is 0. The molecule has 1 aliphatic rings. The summed E-state index contributed by atoms with van der Waals surface area (Å²) in [6, 6.07) is 8.56. The van der Waals surface area contributed by atoms with Crippen molar-refractivity contribution < 1.29 is 4.79 Å². The molecule has 3 nitrogen and oxygen atoms in total. The molecular formula is C22H34N2OS. The molecule has 1 aromatic heterocycles. The number of amides is 1. The Hall–Kier alpha value is -1.65. The summed E-state index contributed by atoms with van der Waals surface area (Å²) in [6.45, 7) is 15.7. The third kappa shape index (κ3) is 4.95. The molecule has 26 heavy (non-hydrogen) atoms. The Morgan fingerprint density at radius 3 is 2.19 bits per heavy atom. The number of nitrogens with zero attached hydrogens (tertiary/aromatic N) is 1. The summed E-state index contributed by atoms with van der Waals surface area (Å²) in [6.07, 6.45) is 0.570. The Morgan fingerprint density at radius 2 is 1.73 bits per heavy atom. The number of carbonyl (C=O) groups is 1. The van der Waals surface area contributed by atoms with Gasteiger partial charge in [-0.25, -0.2) is 0 Å². The molecule has 0 saturated carbocycles. The number of nitrogens with two attached hydrogens (primary N) is 1. The Kier molecular flexibility index (Phi) is 9.03. The van der Waals surface area contributed by atoms with Crippen LogP contribution in [0.5, 0.6) is 0 Å². The smallest absolute Gasteiger partial charge is 0.227 e. The van der Waals surface area contributed by atoms with Crippen molar-refractivity contribution in [2.45, 2.75) is 54.9 Å². The van der Waals surface area contributed by atoms with Crippen LogP contribution in [0.25, 0.3) is 10.4 Å². The average Bonchev–Trinajstić information content (AvgIpc) is 3.19. The summed E-state index contributed by atoms with van der Waals surface area (Å²) in [7, 11) is 0. The Bertz CT molecular complexity index is 721. The van der Waals surface area contributed by atoms with Crippen molar-refractivity contribution in [3.05, 3.63) is 40.3 Å². The molecule has 4 heteroatoms. The molecule has 1 atom stereocenters. The third-order valence-corrected chi connectivity index (χ3v) is 5.53. The van der Waals surface area contributed by atoms with Crippen LogP contribution in [0.4, 0.5) is 5.69 Å². The van der Waals surface area contributed by atoms with Gasteiger partial charge in [-0.1, -0.05) is 33.8 Å². The molecule has 0 bridgehead atoms. The highest BCUT2D eigenvalue weighted by Crippen LogP contribution is 2.36. The van der Waals surface area contributed by atoms with Crippen LogP contribution >= 0.6 is 11.3 Å². The first-order chi connectivity index (χ1) is 12.5. The zero-order valence-corrected chi connectivity index (χ0v) is 18.2. The Morgan fingerprint density at radius 1 is 1.08 bits per heavy atom. The fourth-order valence-corrected chi connectivity index (χ4v) is 4.28. The molecule has 0 spiro atoms. The normalized spacial score (nSPS) is 15.9. The number of thiophene rings is 1. The Labute approximate surface area is 163 Å². The summed E-state index contributed by atoms with van der Waals surface area (Å²) in [4.78, 5) is 16.7. The summed E-state index contributed by atoms with van der Waals surface area (Å²) in [5, 5.41) is 0. The van der Waals surface area contributed by atoms with E-state index in [4.69, 9.17) is 5.73 Å². The first-order valence-electron chi connectivity index (χ1n) is 9.68. The number of hydrogen-bond acceptors (Lipinski definition) is 3. The van der Waals surface area contributed by atoms with Gasteiger partial charge in [-0.15, -0.1) is 11.3 Å². The molecule has 2 aromatic rings. The van der Waals surface area contributed by atoms with Gasteiger partial charge >= 0.3 is 0 Å². The molecule has 1 unspecified atom stereocenters. The number of aryl methyl sites for hydroxylation is 3. The van der Waals surface area contributed by atoms with Crippen LogP contribution < -0.4 is 10.6 Å². The van der Waals surface area contributed by atoms with E-state index < -0.39 is 0 Å². The van der Waals surface area contributed by atoms with Crippen molar-refractivity contribution in [1.29, 1.82) is 0 Å². The van der Waals surface area contributed by atoms with E-state index >= 15 is 0 Å². The number of carbonyl (C=O) groups excluding carboxylic acids is 1. The number of rotatable bonds is 3. The molecule has 2 heterocycles. The molecule has 1 aliphatic heterocycles. The molecule has 1 fully saturated rings. The van der Waals surface area contributed by atoms with Crippen molar-refractivity contribution in [1.82, 2.24) is 0 Å². The van der Waals surface area contributed by atoms with E-state index in [-0.39, 0.29) is 11.8 Å². The fourth-order valence-electron chi connectivity index (χ4n) is 3.17. The van der Waals surface area contributed by atoms with E-state index in [1.54, 1.807) is 0 Å². The van der Waals surface area contributed by atoms with Crippen LogP contribution in [-0.2, 0) is 4.79 Å². The molecule has 0 aliphatic carbocycles. The van der Waals surface area contributed by atoms with Crippen molar-refractivity contribution in [2.24, 2.45) is 11.7 Å². The average molecular weight is 375 g/mol. The molecule has 3 rings (SSSR count). The van der Waals surface area contributed by atoms with Crippen molar-refractivity contribution >= 4 is 22.9 Å². The lowest BCUT2D eigenvalue weighted by Gasteiger charge is -2.18. The molecule has 1 aromatic carbocycles. The fraction of sp³-hybridized carbons (Fsp3) is 0.500. The van der Waals surface area contributed by atoms with Crippen molar-refractivity contribution in [3.8, 4) is 10.4 Å². The van der Waals surface area contributed by atoms with Crippen LogP contribution in [0.2, 0.25) is 0 Å². The van der Waals surface area contributed by atoms with Crippen LogP contribution in [0.15, 0.2) is 24.3 Å². The van der Waals surface area contributed by atoms with Gasteiger partial charge in [-0.3, -0.25) is 4.79 Å². The van der Waals surface area contributed by atoms with Crippen LogP contribution in [0, 0.1) is 26.7 Å². The predicted octanol–water partition coefficient (Wildman–Crippen LogP) is 5.70. The maximum absolute atomic E-state index is 12.1. The topological polar surface area (TPSA) is 46.3 Å². The van der Waals surface area contributed by atoms with E-state index in [1.807, 2.05) is 43.9 Å². The van der Waals surface area contributed by atoms with Gasteiger partial charge in [0.1, 0.15) is 0 Å². The number of anilines is 1. The van der Waals surface area contributed by atoms with Gasteiger partial charge in [0, 0.05) is 28.4 Å². The second-order valence-electron chi connectivity index (χ2n) is 6.18. The minimum Gasteiger partial charge on any atom is -0.330 e. The first-order valence-corrected chi connectivity index (χ1v) is 10.5. The third-order valence-electron chi connectivity index (χ3n) is 4.35. The highest BCUT2D eigenvalue weighted by molar-refractivity contribution is 7.15. The van der Waals surface area contributed by atoms with Gasteiger partial charge in [-0.2, -0.15) is 0 Å². The van der Waals surface area contributed by atoms with Gasteiger partial charge in [0.15, 0.2) is 0 Å². The van der Waals surface area contributed by atoms with E-state index in [9.17, 15) is 4.79 Å². The highest BCUT2D eigenvalue weighted by Gasteiger charge is 2.29. The van der Waals surface area contributed by atoms with Gasteiger partial charge < -0.3 is 10.6 Å². The van der Waals surface area contributed by atoms with Crippen LogP contribution in [0.3, 0.4) is 0 Å². The van der Waals surface area contributed by atoms with E-state index in [2.05, 4.69) is 45.0 Å². The maximum Gasteiger partial charge on any atom is 0.227 e. The molecule has 2 N–H and O–H groups in total. The monoisotopic (exact) mass is 374 g/mol. The second-order valence-corrected chi connectivity index (χ2v) is 7.43. The largest absolute Gasteiger partial charge is 0.330 e. The van der Waals surface area contributed by atoms with Gasteiger partial charge in [0.25, 0.3) is 0 Å². The van der Waals surface area contributed by atoms with Crippen molar-refractivity contribution in [3.63, 3.8) is 0 Å². The summed E-state index contributed by atoms with van der Waals surface area (Å²) in [5.41, 5.74) is 10.5. The SMILES string of the molecule is CC.CC.Cc1cc(C)c(-c2ccc(N3CC(CN)CC3=O)cc2C)s1. The van der Waals surface area contributed by atoms with Gasteiger partial charge in [0.2, 0.25) is 5.91 Å². The summed E-state index contributed by atoms with van der Waals surface area (Å²) in [5.74, 6) is 0.473. The second kappa shape index (κ2) is 10.5. The van der Waals surface area contributed by atoms with E-state index in [0.29, 0.717) is 13.0 Å². The Balaban J connectivity index is 0.000000791. The van der Waals surface area contributed by atoms with Crippen LogP contribution in [0.1, 0.15) is 50.1 Å². The lowest BCUT2D eigenvalue weighted by molar-refractivity contribution is -0.117. The maximum atomic E-state index is 12.1. The van der Waals surface area contributed by atoms with E-state index in [1.165, 1.54) is 26.4 Å². The van der Waals surface area contributed by atoms with Crippen molar-refractivity contribution in [2.75, 3.05) is 18.0 Å². The van der Waals surface area contributed by atoms with Gasteiger partial charge in [0.05, 0.1) is 0 Å². The van der Waals surface area contributed by atoms with Gasteiger partial charge in [-0.05, 0) is 68.1 Å². The molecule has 144 valence electrons. The summed E-state index contributed by atoms with van der Waals surface area (Å²) >= 11 is 1.83. The zero-order chi connectivity index (χ0) is 19.9. The standard InChI is InChI=1S/C18H22N2OS.2C2H6/c1-11-7-15(20-10-14(9-19)8-17(20)21)4-5-16(11)18-12(2)6-13(3)22-18;2*1-2/h4-7,14H,8-10,19H2,1-3H3;2*1-2H3. The number of benzene rings is 1. The lowest BCUT2D eigenvalue weighted by atomic mass is 10.0. The molecular weight excluding hydrogens is 340 g/mol. The molecule has 0 radical (unpaired) electrons. The number of hydrogen-bond donors (Lipinski definition) is 1. The molecule has 1 saturated heterocycles. The lowest BCUT2D eigenvalue weighted by Crippen LogP contribution is -2.25. The van der Waals surface area contributed by atoms with Crippen LogP contribution in [-0.4, -0.2) is 19.0 Å². The minimum absolute atomic E-state index is 0.186. The molecule has 1 amide bonds. The highest BCUT2D eigenvalue weighted by atomic mass is 32.1.